The lowest BCUT2D eigenvalue weighted by Crippen LogP contribution is -1.90. The first-order valence-corrected chi connectivity index (χ1v) is 6.03. The molecule has 6 heteroatoms. The highest BCUT2D eigenvalue weighted by Gasteiger charge is 2.12. The molecule has 0 saturated carbocycles. The summed E-state index contributed by atoms with van der Waals surface area (Å²) in [5, 5.41) is 10.4. The normalized spacial score (nSPS) is 10.9. The standard InChI is InChI=1S/C9H6BrFN2OS/c1-15-9-12-3-4-6(13-9)2-5(10)7(11)8(4)14/h2-3,14H,1H3. The largest absolute Gasteiger partial charge is 0.504 e. The van der Waals surface area contributed by atoms with Crippen LogP contribution in [0.1, 0.15) is 0 Å². The van der Waals surface area contributed by atoms with Gasteiger partial charge in [-0.1, -0.05) is 11.8 Å². The van der Waals surface area contributed by atoms with Crippen molar-refractivity contribution in [1.82, 2.24) is 9.97 Å². The van der Waals surface area contributed by atoms with Crippen molar-refractivity contribution in [3.05, 3.63) is 22.6 Å². The second kappa shape index (κ2) is 3.94. The Morgan fingerprint density at radius 1 is 1.53 bits per heavy atom. The van der Waals surface area contributed by atoms with E-state index >= 15 is 0 Å². The van der Waals surface area contributed by atoms with E-state index in [0.717, 1.165) is 0 Å². The van der Waals surface area contributed by atoms with E-state index in [4.69, 9.17) is 0 Å². The molecule has 1 aromatic heterocycles. The van der Waals surface area contributed by atoms with Crippen LogP contribution in [0.2, 0.25) is 0 Å². The molecule has 0 fully saturated rings. The third-order valence-electron chi connectivity index (χ3n) is 1.91. The van der Waals surface area contributed by atoms with Crippen molar-refractivity contribution in [2.75, 3.05) is 6.26 Å². The first-order valence-electron chi connectivity index (χ1n) is 4.01. The molecule has 3 nitrogen and oxygen atoms in total. The number of thioether (sulfide) groups is 1. The highest BCUT2D eigenvalue weighted by Crippen LogP contribution is 2.32. The number of rotatable bonds is 1. The van der Waals surface area contributed by atoms with Gasteiger partial charge < -0.3 is 5.11 Å². The van der Waals surface area contributed by atoms with Crippen LogP contribution in [0.15, 0.2) is 21.9 Å². The predicted molar refractivity (Wildman–Crippen MR) is 60.6 cm³/mol. The van der Waals surface area contributed by atoms with Gasteiger partial charge in [-0.2, -0.15) is 0 Å². The van der Waals surface area contributed by atoms with Crippen molar-refractivity contribution in [3.63, 3.8) is 0 Å². The molecule has 1 aromatic carbocycles. The molecular formula is C9H6BrFN2OS. The fraction of sp³-hybridized carbons (Fsp3) is 0.111. The molecule has 0 atom stereocenters. The van der Waals surface area contributed by atoms with Crippen molar-refractivity contribution in [1.29, 1.82) is 0 Å². The Morgan fingerprint density at radius 3 is 2.93 bits per heavy atom. The molecule has 1 N–H and O–H groups in total. The van der Waals surface area contributed by atoms with E-state index in [1.54, 1.807) is 0 Å². The van der Waals surface area contributed by atoms with E-state index in [1.807, 2.05) is 6.26 Å². The van der Waals surface area contributed by atoms with E-state index in [1.165, 1.54) is 24.0 Å². The predicted octanol–water partition coefficient (Wildman–Crippen LogP) is 2.96. The minimum Gasteiger partial charge on any atom is -0.504 e. The summed E-state index contributed by atoms with van der Waals surface area (Å²) in [4.78, 5) is 8.12. The van der Waals surface area contributed by atoms with Gasteiger partial charge in [0, 0.05) is 6.20 Å². The van der Waals surface area contributed by atoms with Gasteiger partial charge in [-0.3, -0.25) is 0 Å². The second-order valence-electron chi connectivity index (χ2n) is 2.81. The van der Waals surface area contributed by atoms with Gasteiger partial charge in [0.2, 0.25) is 0 Å². The average Bonchev–Trinajstić information content (AvgIpc) is 2.25. The van der Waals surface area contributed by atoms with Crippen molar-refractivity contribution >= 4 is 38.6 Å². The molecule has 0 aliphatic carbocycles. The van der Waals surface area contributed by atoms with E-state index in [2.05, 4.69) is 25.9 Å². The van der Waals surface area contributed by atoms with Crippen molar-refractivity contribution in [3.8, 4) is 5.75 Å². The molecule has 1 heterocycles. The van der Waals surface area contributed by atoms with Crippen LogP contribution in [0.25, 0.3) is 10.9 Å². The summed E-state index contributed by atoms with van der Waals surface area (Å²) in [6, 6.07) is 1.52. The monoisotopic (exact) mass is 288 g/mol. The minimum absolute atomic E-state index is 0.193. The third-order valence-corrected chi connectivity index (χ3v) is 3.05. The zero-order valence-corrected chi connectivity index (χ0v) is 10.1. The Kier molecular flexibility index (Phi) is 2.79. The molecule has 0 aliphatic heterocycles. The Morgan fingerprint density at radius 2 is 2.27 bits per heavy atom. The zero-order valence-electron chi connectivity index (χ0n) is 7.66. The molecule has 0 spiro atoms. The Labute approximate surface area is 97.9 Å². The first-order chi connectivity index (χ1) is 7.13. The summed E-state index contributed by atoms with van der Waals surface area (Å²) >= 11 is 4.40. The van der Waals surface area contributed by atoms with Crippen LogP contribution >= 0.6 is 27.7 Å². The number of aromatic hydroxyl groups is 1. The number of aromatic nitrogens is 2. The van der Waals surface area contributed by atoms with Gasteiger partial charge in [-0.05, 0) is 28.3 Å². The van der Waals surface area contributed by atoms with Crippen LogP contribution in [-0.4, -0.2) is 21.3 Å². The highest BCUT2D eigenvalue weighted by atomic mass is 79.9. The molecule has 0 amide bonds. The Bertz CT molecular complexity index is 535. The number of hydrogen-bond acceptors (Lipinski definition) is 4. The summed E-state index contributed by atoms with van der Waals surface area (Å²) in [7, 11) is 0. The molecule has 0 saturated heterocycles. The van der Waals surface area contributed by atoms with Crippen molar-refractivity contribution in [2.45, 2.75) is 5.16 Å². The summed E-state index contributed by atoms with van der Waals surface area (Å²) < 4.78 is 13.5. The van der Waals surface area contributed by atoms with E-state index < -0.39 is 11.6 Å². The number of halogens is 2. The van der Waals surface area contributed by atoms with Gasteiger partial charge in [-0.15, -0.1) is 0 Å². The lowest BCUT2D eigenvalue weighted by Gasteiger charge is -2.04. The number of phenolic OH excluding ortho intramolecular Hbond substituents is 1. The molecular weight excluding hydrogens is 283 g/mol. The van der Waals surface area contributed by atoms with Gasteiger partial charge >= 0.3 is 0 Å². The average molecular weight is 289 g/mol. The molecule has 2 aromatic rings. The van der Waals surface area contributed by atoms with Gasteiger partial charge in [-0.25, -0.2) is 14.4 Å². The maximum Gasteiger partial charge on any atom is 0.187 e. The van der Waals surface area contributed by atoms with Gasteiger partial charge in [0.15, 0.2) is 16.7 Å². The van der Waals surface area contributed by atoms with Gasteiger partial charge in [0.25, 0.3) is 0 Å². The molecule has 15 heavy (non-hydrogen) atoms. The summed E-state index contributed by atoms with van der Waals surface area (Å²) in [5.74, 6) is -1.12. The number of nitrogens with zero attached hydrogens (tertiary/aromatic N) is 2. The highest BCUT2D eigenvalue weighted by molar-refractivity contribution is 9.10. The topological polar surface area (TPSA) is 46.0 Å². The Hall–Kier alpha value is -0.880. The van der Waals surface area contributed by atoms with E-state index in [0.29, 0.717) is 16.1 Å². The lowest BCUT2D eigenvalue weighted by atomic mass is 10.2. The van der Waals surface area contributed by atoms with E-state index in [9.17, 15) is 9.50 Å². The fourth-order valence-corrected chi connectivity index (χ4v) is 1.94. The number of fused-ring (bicyclic) bond motifs is 1. The summed E-state index contributed by atoms with van der Waals surface area (Å²) in [6.45, 7) is 0. The number of phenols is 1. The molecule has 78 valence electrons. The van der Waals surface area contributed by atoms with Crippen LogP contribution in [0.5, 0.6) is 5.75 Å². The SMILES string of the molecule is CSc1ncc2c(O)c(F)c(Br)cc2n1. The molecule has 0 aliphatic rings. The molecule has 2 rings (SSSR count). The maximum atomic E-state index is 13.3. The second-order valence-corrected chi connectivity index (χ2v) is 4.44. The van der Waals surface area contributed by atoms with Crippen LogP contribution in [-0.2, 0) is 0 Å². The van der Waals surface area contributed by atoms with Crippen LogP contribution < -0.4 is 0 Å². The van der Waals surface area contributed by atoms with E-state index in [-0.39, 0.29) is 4.47 Å². The number of benzene rings is 1. The third kappa shape index (κ3) is 1.79. The molecule has 0 bridgehead atoms. The summed E-state index contributed by atoms with van der Waals surface area (Å²) in [5.41, 5.74) is 0.514. The first kappa shape index (κ1) is 10.6. The smallest absolute Gasteiger partial charge is 0.187 e. The van der Waals surface area contributed by atoms with Crippen LogP contribution in [0.3, 0.4) is 0 Å². The fourth-order valence-electron chi connectivity index (χ4n) is 1.18. The van der Waals surface area contributed by atoms with Gasteiger partial charge in [0.1, 0.15) is 0 Å². The Balaban J connectivity index is 2.80. The summed E-state index contributed by atoms with van der Waals surface area (Å²) in [6.07, 6.45) is 3.26. The van der Waals surface area contributed by atoms with Crippen molar-refractivity contribution < 1.29 is 9.50 Å². The minimum atomic E-state index is -0.692. The van der Waals surface area contributed by atoms with Crippen LogP contribution in [0, 0.1) is 5.82 Å². The maximum absolute atomic E-state index is 13.3. The number of hydrogen-bond donors (Lipinski definition) is 1. The molecule has 0 unspecified atom stereocenters. The zero-order chi connectivity index (χ0) is 11.0. The van der Waals surface area contributed by atoms with Crippen molar-refractivity contribution in [2.24, 2.45) is 0 Å². The van der Waals surface area contributed by atoms with Gasteiger partial charge in [0.05, 0.1) is 15.4 Å². The van der Waals surface area contributed by atoms with Crippen LogP contribution in [0.4, 0.5) is 4.39 Å². The lowest BCUT2D eigenvalue weighted by molar-refractivity contribution is 0.436. The quantitative estimate of drug-likeness (QED) is 0.647. The molecule has 0 radical (unpaired) electrons.